The molecule has 1 radical (unpaired) electrons. The third kappa shape index (κ3) is 9.00. The van der Waals surface area contributed by atoms with Gasteiger partial charge in [0.1, 0.15) is 0 Å². The Kier molecular flexibility index (Phi) is 187. The molecule has 0 aromatic rings. The first-order valence-corrected chi connectivity index (χ1v) is 0. The van der Waals surface area contributed by atoms with Crippen LogP contribution >= 0.6 is 0 Å². The van der Waals surface area contributed by atoms with Crippen LogP contribution in [0.2, 0.25) is 0 Å². The van der Waals surface area contributed by atoms with Crippen molar-refractivity contribution in [3.63, 3.8) is 0 Å². The standard InChI is InChI=1S/ClH.2Li.Mn.H/h1H;;;;/q;2*+1;;-1/p-1. The molecule has 0 aliphatic heterocycles. The first-order chi connectivity index (χ1) is 0. The Bertz CT molecular complexity index is 9.61. The summed E-state index contributed by atoms with van der Waals surface area (Å²) in [6.45, 7) is 0. The summed E-state index contributed by atoms with van der Waals surface area (Å²) in [5, 5.41) is 0. The molecule has 0 bridgehead atoms. The molecule has 0 atom stereocenters. The fraction of sp³-hybridized carbons (Fsp3) is 0. The van der Waals surface area contributed by atoms with E-state index in [1.807, 2.05) is 0 Å². The second-order valence-corrected chi connectivity index (χ2v) is 0. The average molecular weight is 105 g/mol. The third-order valence-corrected chi connectivity index (χ3v) is 0. The van der Waals surface area contributed by atoms with Gasteiger partial charge in [-0.15, -0.1) is 0 Å². The van der Waals surface area contributed by atoms with E-state index in [9.17, 15) is 0 Å². The van der Waals surface area contributed by atoms with Crippen LogP contribution in [0.5, 0.6) is 0 Å². The summed E-state index contributed by atoms with van der Waals surface area (Å²) in [7, 11) is 0. The normalized spacial score (nSPS) is 0. The molecular weight excluding hydrogens is 104 g/mol. The summed E-state index contributed by atoms with van der Waals surface area (Å²) >= 11 is 0. The smallest absolute Gasteiger partial charge is 1.00 e. The van der Waals surface area contributed by atoms with Crippen molar-refractivity contribution in [2.45, 2.75) is 0 Å². The molecule has 0 unspecified atom stereocenters. The summed E-state index contributed by atoms with van der Waals surface area (Å²) in [6.07, 6.45) is 0. The molecule has 0 N–H and O–H groups in total. The molecule has 4 heteroatoms. The van der Waals surface area contributed by atoms with Gasteiger partial charge in [0.2, 0.25) is 0 Å². The van der Waals surface area contributed by atoms with Crippen molar-refractivity contribution in [1.29, 1.82) is 0 Å². The monoisotopic (exact) mass is 105 g/mol. The van der Waals surface area contributed by atoms with Crippen LogP contribution in [0.3, 0.4) is 0 Å². The van der Waals surface area contributed by atoms with Gasteiger partial charge in [0.05, 0.1) is 0 Å². The Morgan fingerprint density at radius 3 is 1.00 bits per heavy atom. The molecule has 0 heterocycles. The van der Waals surface area contributed by atoms with Gasteiger partial charge in [0.25, 0.3) is 0 Å². The Morgan fingerprint density at radius 1 is 1.00 bits per heavy atom. The Morgan fingerprint density at radius 2 is 1.00 bits per heavy atom. The van der Waals surface area contributed by atoms with Crippen molar-refractivity contribution >= 4 is 0 Å². The van der Waals surface area contributed by atoms with Crippen molar-refractivity contribution < 1.29 is 68.6 Å². The van der Waals surface area contributed by atoms with E-state index in [1.165, 1.54) is 0 Å². The van der Waals surface area contributed by atoms with Crippen LogP contribution in [0.4, 0.5) is 0 Å². The first-order valence-electron chi connectivity index (χ1n) is 0. The molecule has 4 heavy (non-hydrogen) atoms. The minimum atomic E-state index is 0. The minimum Gasteiger partial charge on any atom is -1.00 e. The summed E-state index contributed by atoms with van der Waals surface area (Å²) in [6, 6.07) is 0. The molecule has 0 aromatic heterocycles. The van der Waals surface area contributed by atoms with E-state index in [0.29, 0.717) is 0 Å². The van der Waals surface area contributed by atoms with Crippen LogP contribution < -0.4 is 50.1 Å². The molecule has 0 saturated carbocycles. The van der Waals surface area contributed by atoms with Gasteiger partial charge in [-0.3, -0.25) is 0 Å². The van der Waals surface area contributed by atoms with E-state index in [2.05, 4.69) is 0 Å². The maximum absolute atomic E-state index is 0. The Labute approximate surface area is 68.2 Å². The van der Waals surface area contributed by atoms with Crippen LogP contribution in [0.15, 0.2) is 0 Å². The van der Waals surface area contributed by atoms with E-state index in [1.54, 1.807) is 0 Å². The van der Waals surface area contributed by atoms with Crippen molar-refractivity contribution in [2.24, 2.45) is 0 Å². The third-order valence-electron chi connectivity index (χ3n) is 0. The predicted octanol–water partition coefficient (Wildman–Crippen LogP) is -8.88. The summed E-state index contributed by atoms with van der Waals surface area (Å²) in [5.74, 6) is 0. The van der Waals surface area contributed by atoms with E-state index in [-0.39, 0.29) is 68.6 Å². The molecule has 17 valence electrons. The zero-order chi connectivity index (χ0) is 0. The number of rotatable bonds is 0. The van der Waals surface area contributed by atoms with Gasteiger partial charge < -0.3 is 13.8 Å². The first kappa shape index (κ1) is 37.4. The van der Waals surface area contributed by atoms with Crippen LogP contribution in [0, 0.1) is 0 Å². The van der Waals surface area contributed by atoms with Crippen molar-refractivity contribution in [3.8, 4) is 0 Å². The molecule has 0 amide bonds. The largest absolute Gasteiger partial charge is 1.00 e. The topological polar surface area (TPSA) is 0 Å². The van der Waals surface area contributed by atoms with Gasteiger partial charge in [0.15, 0.2) is 0 Å². The van der Waals surface area contributed by atoms with Crippen LogP contribution in [-0.2, 0) is 17.1 Å². The van der Waals surface area contributed by atoms with Gasteiger partial charge in [0, 0.05) is 17.1 Å². The van der Waals surface area contributed by atoms with Gasteiger partial charge >= 0.3 is 37.7 Å². The van der Waals surface area contributed by atoms with E-state index >= 15 is 0 Å². The second kappa shape index (κ2) is 20.0. The summed E-state index contributed by atoms with van der Waals surface area (Å²) < 4.78 is 0. The average Bonchev–Trinajstić information content (AvgIpc) is 0. The zero-order valence-electron chi connectivity index (χ0n) is 3.76. The molecule has 0 rings (SSSR count). The quantitative estimate of drug-likeness (QED) is 0.268. The van der Waals surface area contributed by atoms with Gasteiger partial charge in [-0.1, -0.05) is 0 Å². The van der Waals surface area contributed by atoms with E-state index in [4.69, 9.17) is 0 Å². The predicted molar refractivity (Wildman–Crippen MR) is 1.11 cm³/mol. The SMILES string of the molecule is [Cl-].[H-].[Li+].[Li+].[Mn]. The fourth-order valence-corrected chi connectivity index (χ4v) is 0. The second-order valence-electron chi connectivity index (χ2n) is 0. The maximum atomic E-state index is 0. The molecular formula is HClLi2Mn. The summed E-state index contributed by atoms with van der Waals surface area (Å²) in [4.78, 5) is 0. The number of hydrogen-bond acceptors (Lipinski definition) is 0. The summed E-state index contributed by atoms with van der Waals surface area (Å²) in [5.41, 5.74) is 0. The van der Waals surface area contributed by atoms with Gasteiger partial charge in [-0.05, 0) is 0 Å². The number of hydrogen-bond donors (Lipinski definition) is 0. The zero-order valence-corrected chi connectivity index (χ0v) is 4.69. The molecule has 0 aromatic carbocycles. The van der Waals surface area contributed by atoms with Gasteiger partial charge in [-0.2, -0.15) is 0 Å². The molecule has 0 nitrogen and oxygen atoms in total. The fourth-order valence-electron chi connectivity index (χ4n) is 0. The van der Waals surface area contributed by atoms with Crippen LogP contribution in [0.1, 0.15) is 1.43 Å². The van der Waals surface area contributed by atoms with Crippen molar-refractivity contribution in [3.05, 3.63) is 0 Å². The van der Waals surface area contributed by atoms with Gasteiger partial charge in [-0.25, -0.2) is 0 Å². The van der Waals surface area contributed by atoms with Crippen molar-refractivity contribution in [2.75, 3.05) is 0 Å². The Hall–Kier alpha value is 2.00. The molecule has 0 aliphatic carbocycles. The number of halogens is 1. The molecule has 0 saturated heterocycles. The Balaban J connectivity index is 0. The van der Waals surface area contributed by atoms with Crippen molar-refractivity contribution in [1.82, 2.24) is 0 Å². The van der Waals surface area contributed by atoms with Crippen LogP contribution in [0.25, 0.3) is 0 Å². The molecule has 0 spiro atoms. The minimum absolute atomic E-state index is 0. The molecule has 0 aliphatic rings. The molecule has 0 fully saturated rings. The maximum Gasteiger partial charge on any atom is 1.00 e. The van der Waals surface area contributed by atoms with E-state index < -0.39 is 0 Å². The van der Waals surface area contributed by atoms with Crippen LogP contribution in [-0.4, -0.2) is 0 Å². The van der Waals surface area contributed by atoms with E-state index in [0.717, 1.165) is 0 Å².